The molecule has 0 spiro atoms. The molecule has 1 amide bonds. The van der Waals surface area contributed by atoms with Crippen LogP contribution in [0.1, 0.15) is 49.7 Å². The highest BCUT2D eigenvalue weighted by atomic mass is 16.2. The lowest BCUT2D eigenvalue weighted by atomic mass is 10.0. The molecule has 0 fully saturated rings. The Hall–Kier alpha value is -2.14. The number of nitrogens with zero attached hydrogens (tertiary/aromatic N) is 3. The first-order chi connectivity index (χ1) is 12.1. The van der Waals surface area contributed by atoms with Gasteiger partial charge in [-0.3, -0.25) is 9.69 Å². The minimum absolute atomic E-state index is 0.0564. The average molecular weight is 357 g/mol. The molecule has 1 N–H and O–H groups in total. The van der Waals surface area contributed by atoms with Gasteiger partial charge in [0.15, 0.2) is 0 Å². The van der Waals surface area contributed by atoms with Crippen LogP contribution >= 0.6 is 0 Å². The summed E-state index contributed by atoms with van der Waals surface area (Å²) in [7, 11) is 1.97. The van der Waals surface area contributed by atoms with Gasteiger partial charge < -0.3 is 5.32 Å². The smallest absolute Gasteiger partial charge is 0.234 e. The van der Waals surface area contributed by atoms with Gasteiger partial charge in [0, 0.05) is 23.3 Å². The summed E-state index contributed by atoms with van der Waals surface area (Å²) in [4.78, 5) is 14.3. The van der Waals surface area contributed by atoms with E-state index in [0.717, 1.165) is 23.5 Å². The highest BCUT2D eigenvalue weighted by Gasteiger charge is 2.20. The van der Waals surface area contributed by atoms with Crippen LogP contribution in [0.2, 0.25) is 0 Å². The Kier molecular flexibility index (Phi) is 6.24. The van der Waals surface area contributed by atoms with Crippen LogP contribution in [0, 0.1) is 20.8 Å². The third-order valence-corrected chi connectivity index (χ3v) is 4.99. The first-order valence-electron chi connectivity index (χ1n) is 9.25. The van der Waals surface area contributed by atoms with E-state index >= 15 is 0 Å². The van der Waals surface area contributed by atoms with Gasteiger partial charge in [0.1, 0.15) is 0 Å². The van der Waals surface area contributed by atoms with Gasteiger partial charge in [0.2, 0.25) is 5.91 Å². The summed E-state index contributed by atoms with van der Waals surface area (Å²) >= 11 is 0. The summed E-state index contributed by atoms with van der Waals surface area (Å²) in [6.45, 7) is 13.5. The van der Waals surface area contributed by atoms with Gasteiger partial charge in [-0.2, -0.15) is 5.10 Å². The molecule has 1 heterocycles. The number of likely N-dealkylation sites (N-methyl/N-ethyl adjacent to an activating group) is 1. The van der Waals surface area contributed by atoms with Crippen LogP contribution in [0.4, 0.5) is 0 Å². The number of para-hydroxylation sites is 1. The Morgan fingerprint density at radius 2 is 1.88 bits per heavy atom. The number of amides is 1. The van der Waals surface area contributed by atoms with Crippen molar-refractivity contribution in [1.82, 2.24) is 20.0 Å². The molecule has 1 aromatic carbocycles. The van der Waals surface area contributed by atoms with Gasteiger partial charge in [-0.1, -0.05) is 25.1 Å². The van der Waals surface area contributed by atoms with E-state index in [1.54, 1.807) is 0 Å². The molecular weight excluding hydrogens is 324 g/mol. The van der Waals surface area contributed by atoms with Crippen LogP contribution in [0.3, 0.4) is 0 Å². The van der Waals surface area contributed by atoms with Crippen molar-refractivity contribution in [2.75, 3.05) is 13.6 Å². The molecule has 0 unspecified atom stereocenters. The molecule has 5 heteroatoms. The van der Waals surface area contributed by atoms with Gasteiger partial charge in [-0.15, -0.1) is 0 Å². The maximum Gasteiger partial charge on any atom is 0.234 e. The van der Waals surface area contributed by atoms with Crippen molar-refractivity contribution in [3.63, 3.8) is 0 Å². The Bertz CT molecular complexity index is 776. The highest BCUT2D eigenvalue weighted by Crippen LogP contribution is 2.21. The second-order valence-electron chi connectivity index (χ2n) is 7.81. The summed E-state index contributed by atoms with van der Waals surface area (Å²) in [5.41, 5.74) is 5.44. The van der Waals surface area contributed by atoms with Crippen molar-refractivity contribution in [3.05, 3.63) is 46.8 Å². The van der Waals surface area contributed by atoms with Crippen LogP contribution in [-0.4, -0.2) is 39.7 Å². The molecule has 0 aliphatic rings. The van der Waals surface area contributed by atoms with Crippen molar-refractivity contribution in [3.8, 4) is 5.69 Å². The number of carbonyl (C=O) groups is 1. The molecule has 1 aromatic heterocycles. The van der Waals surface area contributed by atoms with E-state index in [4.69, 9.17) is 5.10 Å². The van der Waals surface area contributed by atoms with E-state index in [2.05, 4.69) is 38.2 Å². The zero-order chi connectivity index (χ0) is 19.5. The van der Waals surface area contributed by atoms with E-state index in [1.807, 2.05) is 49.5 Å². The molecule has 0 bridgehead atoms. The molecule has 2 rings (SSSR count). The number of nitrogens with one attached hydrogen (secondary N) is 1. The highest BCUT2D eigenvalue weighted by molar-refractivity contribution is 5.78. The van der Waals surface area contributed by atoms with Crippen molar-refractivity contribution in [2.45, 2.75) is 60.0 Å². The first kappa shape index (κ1) is 20.2. The Labute approximate surface area is 157 Å². The topological polar surface area (TPSA) is 50.2 Å². The zero-order valence-corrected chi connectivity index (χ0v) is 17.2. The molecule has 0 radical (unpaired) electrons. The van der Waals surface area contributed by atoms with Crippen LogP contribution in [-0.2, 0) is 11.3 Å². The molecule has 0 aliphatic heterocycles. The molecular formula is C21H32N4O. The number of hydrogen-bond donors (Lipinski definition) is 1. The quantitative estimate of drug-likeness (QED) is 0.826. The minimum atomic E-state index is -0.167. The maximum atomic E-state index is 12.3. The average Bonchev–Trinajstić information content (AvgIpc) is 2.82. The molecule has 0 atom stereocenters. The Morgan fingerprint density at radius 3 is 2.50 bits per heavy atom. The fourth-order valence-electron chi connectivity index (χ4n) is 3.02. The standard InChI is InChI=1S/C21H32N4O/c1-8-21(5,6)22-20(26)14-24(7)13-18-16(3)23-25(17(18)4)19-12-10-9-11-15(19)2/h9-12H,8,13-14H2,1-7H3,(H,22,26). The first-order valence-corrected chi connectivity index (χ1v) is 9.25. The number of benzene rings is 1. The SMILES string of the molecule is CCC(C)(C)NC(=O)CN(C)Cc1c(C)nn(-c2ccccc2C)c1C. The number of rotatable bonds is 7. The summed E-state index contributed by atoms with van der Waals surface area (Å²) < 4.78 is 2.01. The maximum absolute atomic E-state index is 12.3. The van der Waals surface area contributed by atoms with Gasteiger partial charge in [-0.25, -0.2) is 4.68 Å². The van der Waals surface area contributed by atoms with Gasteiger partial charge >= 0.3 is 0 Å². The largest absolute Gasteiger partial charge is 0.350 e. The van der Waals surface area contributed by atoms with E-state index in [0.29, 0.717) is 13.1 Å². The molecule has 0 saturated heterocycles. The fraction of sp³-hybridized carbons (Fsp3) is 0.524. The number of aromatic nitrogens is 2. The molecule has 2 aromatic rings. The molecule has 142 valence electrons. The Balaban J connectivity index is 2.13. The third kappa shape index (κ3) is 4.73. The van der Waals surface area contributed by atoms with E-state index in [1.165, 1.54) is 11.1 Å². The second kappa shape index (κ2) is 8.04. The zero-order valence-electron chi connectivity index (χ0n) is 17.2. The van der Waals surface area contributed by atoms with Crippen LogP contribution in [0.5, 0.6) is 0 Å². The predicted octanol–water partition coefficient (Wildman–Crippen LogP) is 3.53. The van der Waals surface area contributed by atoms with Crippen molar-refractivity contribution in [1.29, 1.82) is 0 Å². The lowest BCUT2D eigenvalue weighted by Gasteiger charge is -2.26. The number of aryl methyl sites for hydroxylation is 2. The van der Waals surface area contributed by atoms with Crippen LogP contribution in [0.15, 0.2) is 24.3 Å². The van der Waals surface area contributed by atoms with E-state index in [-0.39, 0.29) is 11.4 Å². The molecule has 5 nitrogen and oxygen atoms in total. The van der Waals surface area contributed by atoms with Crippen LogP contribution < -0.4 is 5.32 Å². The van der Waals surface area contributed by atoms with Gasteiger partial charge in [0.25, 0.3) is 0 Å². The predicted molar refractivity (Wildman–Crippen MR) is 107 cm³/mol. The normalized spacial score (nSPS) is 11.8. The van der Waals surface area contributed by atoms with E-state index in [9.17, 15) is 4.79 Å². The number of hydrogen-bond acceptors (Lipinski definition) is 3. The van der Waals surface area contributed by atoms with Gasteiger partial charge in [-0.05, 0) is 59.7 Å². The molecule has 0 aliphatic carbocycles. The lowest BCUT2D eigenvalue weighted by molar-refractivity contribution is -0.123. The monoisotopic (exact) mass is 356 g/mol. The third-order valence-electron chi connectivity index (χ3n) is 4.99. The lowest BCUT2D eigenvalue weighted by Crippen LogP contribution is -2.46. The fourth-order valence-corrected chi connectivity index (χ4v) is 3.02. The van der Waals surface area contributed by atoms with Crippen molar-refractivity contribution < 1.29 is 4.79 Å². The molecule has 0 saturated carbocycles. The van der Waals surface area contributed by atoms with Crippen LogP contribution in [0.25, 0.3) is 5.69 Å². The summed E-state index contributed by atoms with van der Waals surface area (Å²) in [6, 6.07) is 8.25. The summed E-state index contributed by atoms with van der Waals surface area (Å²) in [5.74, 6) is 0.0564. The number of carbonyl (C=O) groups excluding carboxylic acids is 1. The molecule has 26 heavy (non-hydrogen) atoms. The van der Waals surface area contributed by atoms with E-state index < -0.39 is 0 Å². The van der Waals surface area contributed by atoms with Gasteiger partial charge in [0.05, 0.1) is 17.9 Å². The Morgan fingerprint density at radius 1 is 1.23 bits per heavy atom. The van der Waals surface area contributed by atoms with Crippen molar-refractivity contribution in [2.24, 2.45) is 0 Å². The summed E-state index contributed by atoms with van der Waals surface area (Å²) in [5, 5.41) is 7.82. The second-order valence-corrected chi connectivity index (χ2v) is 7.81. The van der Waals surface area contributed by atoms with Crippen molar-refractivity contribution >= 4 is 5.91 Å². The summed E-state index contributed by atoms with van der Waals surface area (Å²) in [6.07, 6.45) is 0.907. The minimum Gasteiger partial charge on any atom is -0.350 e.